The number of unbranched alkanes of at least 4 members (excludes halogenated alkanes) is 1. The molecule has 1 atom stereocenters. The summed E-state index contributed by atoms with van der Waals surface area (Å²) in [5, 5.41) is 2.96. The molecule has 58 heavy (non-hydrogen) atoms. The Morgan fingerprint density at radius 1 is 0.983 bits per heavy atom. The van der Waals surface area contributed by atoms with Crippen molar-refractivity contribution < 1.29 is 23.0 Å². The number of aryl methyl sites for hydroxylation is 2. The van der Waals surface area contributed by atoms with Gasteiger partial charge in [0.05, 0.1) is 24.1 Å². The fourth-order valence-electron chi connectivity index (χ4n) is 7.88. The average molecular weight is 849 g/mol. The standard InChI is InChI=1S/C41H51F2N7O6.2ClH/c1-4-28-21-29(8-7-26(28)2)44-34-23-35(51)49(41(54)45-34)12-6-5-11-47-13-14-48(24-27(47)3)38-33(42)22-31-37(36(38)43)50(30-9-10-30)25-32(39(31)52)40(53)56-20-17-46-15-18-55-19-16-46;;/h7-8,21-23,25,27,30,44H,4-6,9-20,24H2,1-3H3,(H,45,54);2*1H/t27-;;/m0../s1. The average Bonchev–Trinajstić information content (AvgIpc) is 4.02. The second-order valence-electron chi connectivity index (χ2n) is 15.2. The number of anilines is 3. The normalized spacial score (nSPS) is 17.5. The van der Waals surface area contributed by atoms with Gasteiger partial charge in [-0.25, -0.2) is 18.4 Å². The maximum absolute atomic E-state index is 16.5. The Balaban J connectivity index is 0.00000320. The van der Waals surface area contributed by atoms with E-state index in [2.05, 4.69) is 27.0 Å². The highest BCUT2D eigenvalue weighted by Gasteiger charge is 2.33. The summed E-state index contributed by atoms with van der Waals surface area (Å²) in [5.74, 6) is -2.13. The summed E-state index contributed by atoms with van der Waals surface area (Å²) in [6.45, 7) is 11.6. The van der Waals surface area contributed by atoms with Crippen LogP contribution >= 0.6 is 24.8 Å². The van der Waals surface area contributed by atoms with Crippen LogP contribution in [0.5, 0.6) is 0 Å². The number of esters is 1. The Bertz CT molecular complexity index is 2240. The van der Waals surface area contributed by atoms with Gasteiger partial charge in [0.2, 0.25) is 5.43 Å². The second-order valence-corrected chi connectivity index (χ2v) is 15.2. The van der Waals surface area contributed by atoms with Crippen molar-refractivity contribution in [1.29, 1.82) is 0 Å². The van der Waals surface area contributed by atoms with Gasteiger partial charge in [0, 0.05) is 75.8 Å². The number of H-pyrrole nitrogens is 1. The number of aromatic nitrogens is 3. The molecule has 2 aliphatic heterocycles. The minimum Gasteiger partial charge on any atom is -0.461 e. The van der Waals surface area contributed by atoms with Crippen molar-refractivity contribution in [2.24, 2.45) is 0 Å². The Kier molecular flexibility index (Phi) is 15.2. The van der Waals surface area contributed by atoms with E-state index in [-0.39, 0.29) is 77.8 Å². The third-order valence-electron chi connectivity index (χ3n) is 11.3. The van der Waals surface area contributed by atoms with Crippen LogP contribution in [0.15, 0.2) is 50.9 Å². The molecule has 0 radical (unpaired) electrons. The molecule has 7 rings (SSSR count). The summed E-state index contributed by atoms with van der Waals surface area (Å²) in [4.78, 5) is 61.1. The molecule has 17 heteroatoms. The highest BCUT2D eigenvalue weighted by Crippen LogP contribution is 2.40. The van der Waals surface area contributed by atoms with Crippen LogP contribution < -0.4 is 26.9 Å². The lowest BCUT2D eigenvalue weighted by atomic mass is 10.1. The van der Waals surface area contributed by atoms with E-state index in [0.29, 0.717) is 64.6 Å². The van der Waals surface area contributed by atoms with Crippen LogP contribution in [-0.4, -0.2) is 102 Å². The molecule has 13 nitrogen and oxygen atoms in total. The van der Waals surface area contributed by atoms with E-state index in [9.17, 15) is 19.2 Å². The summed E-state index contributed by atoms with van der Waals surface area (Å²) < 4.78 is 46.0. The molecule has 2 saturated heterocycles. The lowest BCUT2D eigenvalue weighted by Crippen LogP contribution is -2.52. The molecule has 3 fully saturated rings. The van der Waals surface area contributed by atoms with Crippen LogP contribution in [0.1, 0.15) is 67.1 Å². The van der Waals surface area contributed by atoms with Crippen LogP contribution in [0.4, 0.5) is 26.0 Å². The minimum atomic E-state index is -0.852. The van der Waals surface area contributed by atoms with Gasteiger partial charge in [0.25, 0.3) is 5.56 Å². The van der Waals surface area contributed by atoms with Crippen molar-refractivity contribution in [2.75, 3.05) is 75.9 Å². The van der Waals surface area contributed by atoms with Crippen LogP contribution in [-0.2, 0) is 22.4 Å². The van der Waals surface area contributed by atoms with Crippen molar-refractivity contribution in [3.63, 3.8) is 0 Å². The summed E-state index contributed by atoms with van der Waals surface area (Å²) in [5.41, 5.74) is 1.14. The van der Waals surface area contributed by atoms with Crippen molar-refractivity contribution in [3.05, 3.63) is 95.9 Å². The fourth-order valence-corrected chi connectivity index (χ4v) is 7.88. The zero-order chi connectivity index (χ0) is 39.5. The predicted molar refractivity (Wildman–Crippen MR) is 226 cm³/mol. The third kappa shape index (κ3) is 9.94. The molecular weight excluding hydrogens is 795 g/mol. The van der Waals surface area contributed by atoms with Crippen LogP contribution in [0.25, 0.3) is 10.9 Å². The Labute approximate surface area is 348 Å². The summed E-state index contributed by atoms with van der Waals surface area (Å²) in [6, 6.07) is 8.22. The Hall–Kier alpha value is -4.28. The molecule has 3 aliphatic rings. The number of hydrogen-bond acceptors (Lipinski definition) is 10. The Morgan fingerprint density at radius 3 is 2.41 bits per heavy atom. The SMILES string of the molecule is CCc1cc(Nc2cc(=O)n(CCCCN3CCN(c4c(F)cc5c(=O)c(C(=O)OCCN6CCOCC6)cn(C6CC6)c5c4F)C[C@@H]3C)c(=O)[nH]2)ccc1C.Cl.Cl. The van der Waals surface area contributed by atoms with Gasteiger partial charge in [-0.05, 0) is 81.8 Å². The molecule has 2 N–H and O–H groups in total. The van der Waals surface area contributed by atoms with Crippen LogP contribution in [0, 0.1) is 18.6 Å². The highest BCUT2D eigenvalue weighted by molar-refractivity contribution is 5.95. The van der Waals surface area contributed by atoms with E-state index < -0.39 is 28.7 Å². The predicted octanol–water partition coefficient (Wildman–Crippen LogP) is 5.40. The van der Waals surface area contributed by atoms with E-state index in [1.54, 1.807) is 9.47 Å². The van der Waals surface area contributed by atoms with E-state index in [1.165, 1.54) is 28.0 Å². The molecule has 0 unspecified atom stereocenters. The summed E-state index contributed by atoms with van der Waals surface area (Å²) in [6.07, 6.45) is 5.07. The van der Waals surface area contributed by atoms with Crippen molar-refractivity contribution in [2.45, 2.75) is 71.5 Å². The monoisotopic (exact) mass is 847 g/mol. The van der Waals surface area contributed by atoms with Gasteiger partial charge in [-0.15, -0.1) is 24.8 Å². The molecule has 0 bridgehead atoms. The number of ether oxygens (including phenoxy) is 2. The van der Waals surface area contributed by atoms with E-state index in [0.717, 1.165) is 44.1 Å². The van der Waals surface area contributed by atoms with Gasteiger partial charge in [0.15, 0.2) is 5.82 Å². The quantitative estimate of drug-likeness (QED) is 0.126. The number of rotatable bonds is 14. The molecule has 316 valence electrons. The van der Waals surface area contributed by atoms with E-state index >= 15 is 8.78 Å². The number of morpholine rings is 1. The molecule has 2 aromatic heterocycles. The maximum atomic E-state index is 16.5. The Morgan fingerprint density at radius 2 is 1.72 bits per heavy atom. The lowest BCUT2D eigenvalue weighted by molar-refractivity contribution is 0.0195. The topological polar surface area (TPSA) is 134 Å². The first-order valence-electron chi connectivity index (χ1n) is 19.8. The first kappa shape index (κ1) is 44.8. The minimum absolute atomic E-state index is 0. The number of halogens is 4. The molecular formula is C41H53Cl2F2N7O6. The smallest absolute Gasteiger partial charge is 0.343 e. The van der Waals surface area contributed by atoms with Gasteiger partial charge in [0.1, 0.15) is 29.5 Å². The first-order chi connectivity index (χ1) is 27.0. The number of hydrogen-bond donors (Lipinski definition) is 2. The number of fused-ring (bicyclic) bond motifs is 1. The highest BCUT2D eigenvalue weighted by atomic mass is 35.5. The zero-order valence-electron chi connectivity index (χ0n) is 33.2. The molecule has 4 heterocycles. The van der Waals surface area contributed by atoms with Crippen molar-refractivity contribution in [1.82, 2.24) is 23.9 Å². The van der Waals surface area contributed by atoms with Crippen LogP contribution in [0.2, 0.25) is 0 Å². The number of nitrogens with zero attached hydrogens (tertiary/aromatic N) is 5. The second kappa shape index (κ2) is 19.6. The van der Waals surface area contributed by atoms with Gasteiger partial charge < -0.3 is 24.3 Å². The van der Waals surface area contributed by atoms with Gasteiger partial charge >= 0.3 is 11.7 Å². The molecule has 0 spiro atoms. The van der Waals surface area contributed by atoms with E-state index in [4.69, 9.17) is 9.47 Å². The molecule has 4 aromatic rings. The van der Waals surface area contributed by atoms with Gasteiger partial charge in [-0.1, -0.05) is 13.0 Å². The summed E-state index contributed by atoms with van der Waals surface area (Å²) >= 11 is 0. The number of benzene rings is 2. The number of carbonyl (C=O) groups is 1. The number of aromatic amines is 1. The van der Waals surface area contributed by atoms with E-state index in [1.807, 2.05) is 32.0 Å². The molecule has 1 saturated carbocycles. The van der Waals surface area contributed by atoms with Crippen molar-refractivity contribution in [3.8, 4) is 0 Å². The largest absolute Gasteiger partial charge is 0.461 e. The summed E-state index contributed by atoms with van der Waals surface area (Å²) in [7, 11) is 0. The molecule has 0 amide bonds. The lowest BCUT2D eigenvalue weighted by Gasteiger charge is -2.41. The number of pyridine rings is 1. The fraction of sp³-hybridized carbons (Fsp3) is 0.512. The maximum Gasteiger partial charge on any atom is 0.343 e. The van der Waals surface area contributed by atoms with Gasteiger partial charge in [-0.2, -0.15) is 0 Å². The zero-order valence-corrected chi connectivity index (χ0v) is 34.8. The number of nitrogens with one attached hydrogen (secondary N) is 2. The van der Waals surface area contributed by atoms with Crippen molar-refractivity contribution >= 4 is 58.9 Å². The number of piperazine rings is 1. The van der Waals surface area contributed by atoms with Gasteiger partial charge in [-0.3, -0.25) is 28.9 Å². The number of carbonyl (C=O) groups excluding carboxylic acids is 1. The molecule has 2 aromatic carbocycles. The first-order valence-corrected chi connectivity index (χ1v) is 19.8. The van der Waals surface area contributed by atoms with Crippen LogP contribution in [0.3, 0.4) is 0 Å². The third-order valence-corrected chi connectivity index (χ3v) is 11.3. The molecule has 1 aliphatic carbocycles.